The number of hydrogen-bond donors (Lipinski definition) is 2. The lowest BCUT2D eigenvalue weighted by Crippen LogP contribution is -1.82. The zero-order valence-corrected chi connectivity index (χ0v) is 7.38. The third-order valence-electron chi connectivity index (χ3n) is 1.92. The van der Waals surface area contributed by atoms with Crippen molar-refractivity contribution in [3.63, 3.8) is 0 Å². The van der Waals surface area contributed by atoms with Crippen molar-refractivity contribution < 1.29 is 10.2 Å². The lowest BCUT2D eigenvalue weighted by atomic mass is 10.1. The number of phenols is 2. The van der Waals surface area contributed by atoms with Crippen LogP contribution in [-0.2, 0) is 0 Å². The van der Waals surface area contributed by atoms with Crippen LogP contribution in [0.15, 0.2) is 42.6 Å². The molecule has 0 fully saturated rings. The molecule has 3 nitrogen and oxygen atoms in total. The van der Waals surface area contributed by atoms with E-state index < -0.39 is 0 Å². The van der Waals surface area contributed by atoms with Gasteiger partial charge in [-0.1, -0.05) is 6.07 Å². The van der Waals surface area contributed by atoms with Crippen LogP contribution >= 0.6 is 0 Å². The molecule has 3 heteroatoms. The zero-order chi connectivity index (χ0) is 9.97. The van der Waals surface area contributed by atoms with Gasteiger partial charge >= 0.3 is 0 Å². The molecule has 1 aromatic carbocycles. The predicted molar refractivity (Wildman–Crippen MR) is 53.0 cm³/mol. The summed E-state index contributed by atoms with van der Waals surface area (Å²) in [6, 6.07) is 9.75. The highest BCUT2D eigenvalue weighted by Gasteiger charge is 2.05. The topological polar surface area (TPSA) is 53.4 Å². The molecule has 2 aromatic rings. The Labute approximate surface area is 81.3 Å². The summed E-state index contributed by atoms with van der Waals surface area (Å²) >= 11 is 0. The smallest absolute Gasteiger partial charge is 0.125 e. The molecular weight excluding hydrogens is 178 g/mol. The van der Waals surface area contributed by atoms with Crippen LogP contribution in [0.2, 0.25) is 0 Å². The fraction of sp³-hybridized carbons (Fsp3) is 0. The van der Waals surface area contributed by atoms with E-state index in [1.54, 1.807) is 18.3 Å². The average molecular weight is 187 g/mol. The maximum atomic E-state index is 9.54. The monoisotopic (exact) mass is 187 g/mol. The van der Waals surface area contributed by atoms with Crippen molar-refractivity contribution in [3.8, 4) is 22.8 Å². The molecule has 1 aromatic heterocycles. The van der Waals surface area contributed by atoms with Crippen LogP contribution in [-0.4, -0.2) is 15.2 Å². The van der Waals surface area contributed by atoms with E-state index in [1.165, 1.54) is 18.2 Å². The minimum absolute atomic E-state index is 0.113. The molecule has 0 saturated heterocycles. The van der Waals surface area contributed by atoms with E-state index in [9.17, 15) is 10.2 Å². The first-order chi connectivity index (χ1) is 6.77. The Morgan fingerprint density at radius 1 is 1.00 bits per heavy atom. The van der Waals surface area contributed by atoms with Gasteiger partial charge in [0, 0.05) is 11.8 Å². The van der Waals surface area contributed by atoms with Gasteiger partial charge < -0.3 is 10.2 Å². The highest BCUT2D eigenvalue weighted by atomic mass is 16.3. The van der Waals surface area contributed by atoms with Crippen LogP contribution in [0.1, 0.15) is 0 Å². The summed E-state index contributed by atoms with van der Waals surface area (Å²) in [5.41, 5.74) is 1.17. The van der Waals surface area contributed by atoms with Crippen molar-refractivity contribution >= 4 is 0 Å². The Kier molecular flexibility index (Phi) is 2.07. The van der Waals surface area contributed by atoms with Gasteiger partial charge in [-0.05, 0) is 30.3 Å². The lowest BCUT2D eigenvalue weighted by Gasteiger charge is -2.03. The number of rotatable bonds is 1. The van der Waals surface area contributed by atoms with E-state index in [0.717, 1.165) is 0 Å². The number of benzene rings is 1. The second-order valence-corrected chi connectivity index (χ2v) is 2.92. The van der Waals surface area contributed by atoms with E-state index in [2.05, 4.69) is 4.98 Å². The largest absolute Gasteiger partial charge is 0.508 e. The van der Waals surface area contributed by atoms with Crippen LogP contribution in [0.3, 0.4) is 0 Å². The molecule has 0 aliphatic carbocycles. The first kappa shape index (κ1) is 8.56. The maximum absolute atomic E-state index is 9.54. The Morgan fingerprint density at radius 2 is 1.86 bits per heavy atom. The van der Waals surface area contributed by atoms with E-state index >= 15 is 0 Å². The van der Waals surface area contributed by atoms with Gasteiger partial charge in [0.25, 0.3) is 0 Å². The summed E-state index contributed by atoms with van der Waals surface area (Å²) < 4.78 is 0. The summed E-state index contributed by atoms with van der Waals surface area (Å²) in [4.78, 5) is 4.08. The van der Waals surface area contributed by atoms with E-state index in [0.29, 0.717) is 11.3 Å². The van der Waals surface area contributed by atoms with Crippen molar-refractivity contribution in [2.24, 2.45) is 0 Å². The molecule has 0 radical (unpaired) electrons. The number of aromatic nitrogens is 1. The molecular formula is C11H9NO2. The normalized spacial score (nSPS) is 10.0. The second-order valence-electron chi connectivity index (χ2n) is 2.92. The molecule has 1 heterocycles. The molecule has 2 N–H and O–H groups in total. The third-order valence-corrected chi connectivity index (χ3v) is 1.92. The summed E-state index contributed by atoms with van der Waals surface area (Å²) in [5.74, 6) is 0.227. The van der Waals surface area contributed by atoms with E-state index in [-0.39, 0.29) is 11.5 Å². The van der Waals surface area contributed by atoms with Crippen LogP contribution < -0.4 is 0 Å². The number of aromatic hydroxyl groups is 2. The average Bonchev–Trinajstić information content (AvgIpc) is 2.23. The molecule has 0 spiro atoms. The van der Waals surface area contributed by atoms with Crippen molar-refractivity contribution in [1.29, 1.82) is 0 Å². The molecule has 0 atom stereocenters. The molecule has 14 heavy (non-hydrogen) atoms. The van der Waals surface area contributed by atoms with Crippen LogP contribution in [0.5, 0.6) is 11.5 Å². The highest BCUT2D eigenvalue weighted by molar-refractivity contribution is 5.68. The quantitative estimate of drug-likeness (QED) is 0.672. The van der Waals surface area contributed by atoms with Crippen molar-refractivity contribution in [2.45, 2.75) is 0 Å². The summed E-state index contributed by atoms with van der Waals surface area (Å²) in [6.07, 6.45) is 1.64. The van der Waals surface area contributed by atoms with Gasteiger partial charge in [-0.15, -0.1) is 0 Å². The van der Waals surface area contributed by atoms with Crippen molar-refractivity contribution in [1.82, 2.24) is 4.98 Å². The summed E-state index contributed by atoms with van der Waals surface area (Å²) in [5, 5.41) is 18.8. The van der Waals surface area contributed by atoms with Gasteiger partial charge in [0.2, 0.25) is 0 Å². The molecule has 0 aliphatic heterocycles. The Hall–Kier alpha value is -2.03. The molecule has 0 amide bonds. The highest BCUT2D eigenvalue weighted by Crippen LogP contribution is 2.30. The predicted octanol–water partition coefficient (Wildman–Crippen LogP) is 2.16. The fourth-order valence-corrected chi connectivity index (χ4v) is 1.25. The van der Waals surface area contributed by atoms with Crippen LogP contribution in [0.25, 0.3) is 11.3 Å². The van der Waals surface area contributed by atoms with Crippen molar-refractivity contribution in [2.75, 3.05) is 0 Å². The standard InChI is InChI=1S/C11H9NO2/c13-8-4-5-11(14)9(7-8)10-3-1-2-6-12-10/h1-7,13-14H. The molecule has 0 aliphatic rings. The van der Waals surface area contributed by atoms with Crippen LogP contribution in [0.4, 0.5) is 0 Å². The molecule has 0 bridgehead atoms. The molecule has 0 unspecified atom stereocenters. The number of nitrogens with zero attached hydrogens (tertiary/aromatic N) is 1. The van der Waals surface area contributed by atoms with Gasteiger partial charge in [0.1, 0.15) is 11.5 Å². The molecule has 0 saturated carbocycles. The van der Waals surface area contributed by atoms with Gasteiger partial charge in [-0.25, -0.2) is 0 Å². The van der Waals surface area contributed by atoms with E-state index in [4.69, 9.17) is 0 Å². The minimum Gasteiger partial charge on any atom is -0.508 e. The number of hydrogen-bond acceptors (Lipinski definition) is 3. The minimum atomic E-state index is 0.113. The van der Waals surface area contributed by atoms with Gasteiger partial charge in [-0.3, -0.25) is 4.98 Å². The Morgan fingerprint density at radius 3 is 2.57 bits per heavy atom. The fourth-order valence-electron chi connectivity index (χ4n) is 1.25. The number of phenolic OH excluding ortho intramolecular Hbond substituents is 2. The van der Waals surface area contributed by atoms with Gasteiger partial charge in [0.05, 0.1) is 5.69 Å². The number of pyridine rings is 1. The van der Waals surface area contributed by atoms with Crippen molar-refractivity contribution in [3.05, 3.63) is 42.6 Å². The SMILES string of the molecule is Oc1ccc(O)c(-c2ccccn2)c1. The third kappa shape index (κ3) is 1.52. The van der Waals surface area contributed by atoms with Gasteiger partial charge in [0.15, 0.2) is 0 Å². The van der Waals surface area contributed by atoms with Crippen LogP contribution in [0, 0.1) is 0 Å². The Bertz CT molecular complexity index is 440. The summed E-state index contributed by atoms with van der Waals surface area (Å²) in [7, 11) is 0. The first-order valence-electron chi connectivity index (χ1n) is 4.21. The zero-order valence-electron chi connectivity index (χ0n) is 7.38. The summed E-state index contributed by atoms with van der Waals surface area (Å²) in [6.45, 7) is 0. The molecule has 2 rings (SSSR count). The lowest BCUT2D eigenvalue weighted by molar-refractivity contribution is 0.461. The Balaban J connectivity index is 2.57. The maximum Gasteiger partial charge on any atom is 0.125 e. The van der Waals surface area contributed by atoms with Gasteiger partial charge in [-0.2, -0.15) is 0 Å². The first-order valence-corrected chi connectivity index (χ1v) is 4.21. The van der Waals surface area contributed by atoms with E-state index in [1.807, 2.05) is 6.07 Å². The molecule has 70 valence electrons. The second kappa shape index (κ2) is 3.38.